The maximum absolute atomic E-state index is 2.39. The van der Waals surface area contributed by atoms with E-state index in [1.165, 1.54) is 94.7 Å². The first-order valence-electron chi connectivity index (χ1n) is 24.7. The van der Waals surface area contributed by atoms with Crippen LogP contribution in [0.1, 0.15) is 69.5 Å². The van der Waals surface area contributed by atoms with E-state index in [0.29, 0.717) is 0 Å². The molecule has 2 nitrogen and oxygen atoms in total. The van der Waals surface area contributed by atoms with Crippen LogP contribution in [0, 0.1) is 27.7 Å². The quantitative estimate of drug-likeness (QED) is 0.101. The van der Waals surface area contributed by atoms with Crippen LogP contribution in [0.25, 0.3) is 52.9 Å². The van der Waals surface area contributed by atoms with E-state index >= 15 is 0 Å². The zero-order chi connectivity index (χ0) is 48.5. The summed E-state index contributed by atoms with van der Waals surface area (Å²) in [4.78, 5) is 15.9. The Hall–Kier alpha value is -6.28. The molecule has 70 heavy (non-hydrogen) atoms. The average molecular weight is 985 g/mol. The number of hydrogen-bond donors (Lipinski definition) is 0. The Balaban J connectivity index is 0.969. The van der Waals surface area contributed by atoms with Gasteiger partial charge < -0.3 is 9.80 Å². The first kappa shape index (κ1) is 47.4. The summed E-state index contributed by atoms with van der Waals surface area (Å²) in [5, 5.41) is 0. The molecule has 10 aromatic rings. The summed E-state index contributed by atoms with van der Waals surface area (Å²) in [7, 11) is 0. The lowest BCUT2D eigenvalue weighted by atomic mass is 10.0. The van der Waals surface area contributed by atoms with Gasteiger partial charge in [0.25, 0.3) is 0 Å². The normalized spacial score (nSPS) is 11.4. The van der Waals surface area contributed by atoms with Crippen molar-refractivity contribution in [1.29, 1.82) is 0 Å². The molecule has 10 rings (SSSR count). The molecule has 6 aromatic carbocycles. The Kier molecular flexibility index (Phi) is 13.9. The lowest BCUT2D eigenvalue weighted by molar-refractivity contribution is 1.18. The molecular formula is C64H60N2S4. The van der Waals surface area contributed by atoms with E-state index in [0.717, 1.165) is 59.8 Å². The first-order chi connectivity index (χ1) is 34.1. The first-order valence-corrected chi connectivity index (χ1v) is 28.0. The standard InChI is InChI=1S/C64H60N2S4/c1-9-57-37-41(5)61(67-57)47-17-29-53(30-18-47)65(54-31-19-48(20-32-54)62-42(6)38-58(10-2)68-62)51-25-13-45(14-26-51)46-15-27-52(28-16-46)66(55-33-21-49(22-34-55)63-43(7)39-59(11-3)69-63)56-35-23-50(24-36-56)64-44(8)40-60(12-4)70-64/h13-40H,9-12H2,1-8H3. The molecule has 0 aliphatic rings. The Bertz CT molecular complexity index is 2950. The van der Waals surface area contributed by atoms with Gasteiger partial charge in [0.05, 0.1) is 0 Å². The van der Waals surface area contributed by atoms with Crippen LogP contribution in [0.15, 0.2) is 170 Å². The number of rotatable bonds is 15. The van der Waals surface area contributed by atoms with Crippen LogP contribution in [0.5, 0.6) is 0 Å². The summed E-state index contributed by atoms with van der Waals surface area (Å²) >= 11 is 7.64. The molecule has 4 heterocycles. The van der Waals surface area contributed by atoms with Gasteiger partial charge >= 0.3 is 0 Å². The summed E-state index contributed by atoms with van der Waals surface area (Å²) in [6, 6.07) is 64.1. The highest BCUT2D eigenvalue weighted by Crippen LogP contribution is 2.43. The van der Waals surface area contributed by atoms with Crippen molar-refractivity contribution in [1.82, 2.24) is 0 Å². The molecule has 0 spiro atoms. The lowest BCUT2D eigenvalue weighted by Gasteiger charge is -2.27. The van der Waals surface area contributed by atoms with Crippen molar-refractivity contribution in [2.24, 2.45) is 0 Å². The molecule has 0 fully saturated rings. The van der Waals surface area contributed by atoms with Crippen molar-refractivity contribution in [3.8, 4) is 52.9 Å². The molecule has 0 aliphatic carbocycles. The van der Waals surface area contributed by atoms with Crippen molar-refractivity contribution in [2.75, 3.05) is 9.80 Å². The minimum atomic E-state index is 1.06. The van der Waals surface area contributed by atoms with Gasteiger partial charge in [-0.25, -0.2) is 0 Å². The van der Waals surface area contributed by atoms with E-state index in [1.807, 2.05) is 45.3 Å². The molecule has 4 aromatic heterocycles. The van der Waals surface area contributed by atoms with E-state index in [4.69, 9.17) is 0 Å². The fraction of sp³-hybridized carbons (Fsp3) is 0.188. The molecule has 0 saturated heterocycles. The predicted molar refractivity (Wildman–Crippen MR) is 311 cm³/mol. The molecule has 0 unspecified atom stereocenters. The van der Waals surface area contributed by atoms with E-state index < -0.39 is 0 Å². The van der Waals surface area contributed by atoms with E-state index in [2.05, 4.69) is 235 Å². The average Bonchev–Trinajstić information content (AvgIpc) is 4.19. The molecule has 0 amide bonds. The van der Waals surface area contributed by atoms with Crippen LogP contribution in [-0.2, 0) is 25.7 Å². The molecule has 0 radical (unpaired) electrons. The van der Waals surface area contributed by atoms with Crippen molar-refractivity contribution in [2.45, 2.75) is 81.1 Å². The van der Waals surface area contributed by atoms with Crippen LogP contribution in [-0.4, -0.2) is 0 Å². The largest absolute Gasteiger partial charge is 0.311 e. The molecular weight excluding hydrogens is 925 g/mol. The summed E-state index contributed by atoms with van der Waals surface area (Å²) in [5.74, 6) is 0. The minimum Gasteiger partial charge on any atom is -0.311 e. The van der Waals surface area contributed by atoms with Crippen molar-refractivity contribution in [3.05, 3.63) is 212 Å². The zero-order valence-corrected chi connectivity index (χ0v) is 44.8. The summed E-state index contributed by atoms with van der Waals surface area (Å²) in [6.45, 7) is 17.9. The number of nitrogens with zero attached hydrogens (tertiary/aromatic N) is 2. The van der Waals surface area contributed by atoms with Gasteiger partial charge in [0.1, 0.15) is 0 Å². The predicted octanol–water partition coefficient (Wildman–Crippen LogP) is 20.7. The highest BCUT2D eigenvalue weighted by Gasteiger charge is 2.19. The SMILES string of the molecule is CCc1cc(C)c(-c2ccc(N(c3ccc(-c4ccc(N(c5ccc(-c6sc(CC)cc6C)cc5)c5ccc(-c6sc(CC)cc6C)cc5)cc4)cc3)c3ccc(-c4sc(CC)cc4C)cc3)cc2)s1. The van der Waals surface area contributed by atoms with E-state index in [1.54, 1.807) is 0 Å². The fourth-order valence-electron chi connectivity index (χ4n) is 9.58. The molecule has 0 atom stereocenters. The summed E-state index contributed by atoms with van der Waals surface area (Å²) in [6.07, 6.45) is 4.25. The third-order valence-corrected chi connectivity index (χ3v) is 19.1. The number of benzene rings is 6. The van der Waals surface area contributed by atoms with Crippen LogP contribution in [0.4, 0.5) is 34.1 Å². The molecule has 350 valence electrons. The Morgan fingerprint density at radius 2 is 0.429 bits per heavy atom. The Labute approximate surface area is 431 Å². The van der Waals surface area contributed by atoms with Gasteiger partial charge in [-0.05, 0) is 206 Å². The van der Waals surface area contributed by atoms with Crippen LogP contribution in [0.3, 0.4) is 0 Å². The maximum atomic E-state index is 2.39. The summed E-state index contributed by atoms with van der Waals surface area (Å²) in [5.41, 5.74) is 19.6. The monoisotopic (exact) mass is 984 g/mol. The maximum Gasteiger partial charge on any atom is 0.0462 e. The van der Waals surface area contributed by atoms with Crippen LogP contribution < -0.4 is 9.80 Å². The lowest BCUT2D eigenvalue weighted by Crippen LogP contribution is -2.10. The van der Waals surface area contributed by atoms with Gasteiger partial charge in [-0.15, -0.1) is 45.3 Å². The highest BCUT2D eigenvalue weighted by atomic mass is 32.1. The zero-order valence-electron chi connectivity index (χ0n) is 41.5. The van der Waals surface area contributed by atoms with E-state index in [-0.39, 0.29) is 0 Å². The number of anilines is 6. The molecule has 0 bridgehead atoms. The third-order valence-electron chi connectivity index (χ3n) is 13.4. The second-order valence-corrected chi connectivity index (χ2v) is 22.8. The number of hydrogen-bond acceptors (Lipinski definition) is 6. The Morgan fingerprint density at radius 1 is 0.257 bits per heavy atom. The fourth-order valence-corrected chi connectivity index (χ4v) is 14.0. The number of aryl methyl sites for hydroxylation is 8. The molecule has 0 N–H and O–H groups in total. The van der Waals surface area contributed by atoms with Gasteiger partial charge in [-0.2, -0.15) is 0 Å². The van der Waals surface area contributed by atoms with Crippen LogP contribution in [0.2, 0.25) is 0 Å². The van der Waals surface area contributed by atoms with Gasteiger partial charge in [-0.1, -0.05) is 100 Å². The van der Waals surface area contributed by atoms with Gasteiger partial charge in [0, 0.05) is 73.1 Å². The second-order valence-electron chi connectivity index (χ2n) is 18.3. The van der Waals surface area contributed by atoms with Crippen molar-refractivity contribution < 1.29 is 0 Å². The second kappa shape index (κ2) is 20.6. The minimum absolute atomic E-state index is 1.06. The van der Waals surface area contributed by atoms with Crippen molar-refractivity contribution in [3.63, 3.8) is 0 Å². The topological polar surface area (TPSA) is 6.48 Å². The summed E-state index contributed by atoms with van der Waals surface area (Å²) < 4.78 is 0. The Morgan fingerprint density at radius 3 is 0.586 bits per heavy atom. The van der Waals surface area contributed by atoms with Gasteiger partial charge in [0.2, 0.25) is 0 Å². The van der Waals surface area contributed by atoms with E-state index in [9.17, 15) is 0 Å². The third kappa shape index (κ3) is 9.63. The van der Waals surface area contributed by atoms with Gasteiger partial charge in [0.15, 0.2) is 0 Å². The molecule has 0 saturated carbocycles. The molecule has 0 aliphatic heterocycles. The van der Waals surface area contributed by atoms with Crippen molar-refractivity contribution >= 4 is 79.5 Å². The highest BCUT2D eigenvalue weighted by molar-refractivity contribution is 7.16. The number of thiophene rings is 4. The molecule has 6 heteroatoms. The smallest absolute Gasteiger partial charge is 0.0462 e. The van der Waals surface area contributed by atoms with Crippen LogP contribution >= 0.6 is 45.3 Å². The van der Waals surface area contributed by atoms with Gasteiger partial charge in [-0.3, -0.25) is 0 Å².